The van der Waals surface area contributed by atoms with E-state index in [1.807, 2.05) is 30.3 Å². The van der Waals surface area contributed by atoms with E-state index >= 15 is 0 Å². The fraction of sp³-hybridized carbons (Fsp3) is 0.571. The molecule has 90 valence electrons. The summed E-state index contributed by atoms with van der Waals surface area (Å²) in [5.41, 5.74) is 1.03. The highest BCUT2D eigenvalue weighted by molar-refractivity contribution is 5.13. The highest BCUT2D eigenvalue weighted by Gasteiger charge is 2.27. The molecule has 0 saturated carbocycles. The number of aliphatic hydroxyl groups is 1. The van der Waals surface area contributed by atoms with Gasteiger partial charge in [-0.3, -0.25) is 0 Å². The van der Waals surface area contributed by atoms with Crippen LogP contribution in [0.4, 0.5) is 0 Å². The lowest BCUT2D eigenvalue weighted by Crippen LogP contribution is -2.33. The van der Waals surface area contributed by atoms with Crippen LogP contribution < -0.4 is 0 Å². The molecule has 1 rings (SSSR count). The quantitative estimate of drug-likeness (QED) is 0.802. The normalized spacial score (nSPS) is 15.1. The number of hydrogen-bond donors (Lipinski definition) is 1. The van der Waals surface area contributed by atoms with Gasteiger partial charge in [0, 0.05) is 5.41 Å². The zero-order valence-corrected chi connectivity index (χ0v) is 10.4. The third-order valence-electron chi connectivity index (χ3n) is 3.30. The van der Waals surface area contributed by atoms with Gasteiger partial charge in [0.25, 0.3) is 0 Å². The first-order valence-corrected chi connectivity index (χ1v) is 5.81. The van der Waals surface area contributed by atoms with Gasteiger partial charge in [-0.05, 0) is 11.5 Å². The first kappa shape index (κ1) is 13.2. The molecule has 0 spiro atoms. The van der Waals surface area contributed by atoms with Crippen LogP contribution in [-0.2, 0) is 11.3 Å². The van der Waals surface area contributed by atoms with Crippen LogP contribution in [0.5, 0.6) is 0 Å². The Bertz CT molecular complexity index is 295. The van der Waals surface area contributed by atoms with Crippen molar-refractivity contribution in [1.29, 1.82) is 0 Å². The SMILES string of the molecule is CC(C)C(C)(CO)COCc1ccccc1. The summed E-state index contributed by atoms with van der Waals surface area (Å²) in [7, 11) is 0. The molecule has 0 fully saturated rings. The van der Waals surface area contributed by atoms with E-state index in [-0.39, 0.29) is 12.0 Å². The molecule has 1 atom stereocenters. The van der Waals surface area contributed by atoms with Gasteiger partial charge in [0.05, 0.1) is 19.8 Å². The van der Waals surface area contributed by atoms with Crippen LogP contribution in [0.2, 0.25) is 0 Å². The van der Waals surface area contributed by atoms with E-state index in [1.54, 1.807) is 0 Å². The molecule has 0 saturated heterocycles. The maximum absolute atomic E-state index is 9.37. The number of rotatable bonds is 6. The van der Waals surface area contributed by atoms with Crippen molar-refractivity contribution in [3.63, 3.8) is 0 Å². The molecule has 0 aliphatic heterocycles. The zero-order valence-electron chi connectivity index (χ0n) is 10.4. The summed E-state index contributed by atoms with van der Waals surface area (Å²) < 4.78 is 5.68. The van der Waals surface area contributed by atoms with Crippen molar-refractivity contribution in [3.8, 4) is 0 Å². The van der Waals surface area contributed by atoms with Crippen LogP contribution in [0.15, 0.2) is 30.3 Å². The third kappa shape index (κ3) is 3.62. The summed E-state index contributed by atoms with van der Waals surface area (Å²) in [6.07, 6.45) is 0. The smallest absolute Gasteiger partial charge is 0.0717 e. The molecule has 0 radical (unpaired) electrons. The van der Waals surface area contributed by atoms with Gasteiger partial charge in [-0.2, -0.15) is 0 Å². The van der Waals surface area contributed by atoms with E-state index in [4.69, 9.17) is 4.74 Å². The highest BCUT2D eigenvalue weighted by atomic mass is 16.5. The minimum Gasteiger partial charge on any atom is -0.396 e. The Kier molecular flexibility index (Phi) is 4.97. The second kappa shape index (κ2) is 6.02. The molecule has 0 aliphatic rings. The van der Waals surface area contributed by atoms with Crippen molar-refractivity contribution in [2.24, 2.45) is 11.3 Å². The molecule has 16 heavy (non-hydrogen) atoms. The lowest BCUT2D eigenvalue weighted by Gasteiger charge is -2.31. The minimum absolute atomic E-state index is 0.144. The van der Waals surface area contributed by atoms with Crippen LogP contribution in [0, 0.1) is 11.3 Å². The van der Waals surface area contributed by atoms with Crippen LogP contribution in [0.1, 0.15) is 26.3 Å². The summed E-state index contributed by atoms with van der Waals surface area (Å²) >= 11 is 0. The van der Waals surface area contributed by atoms with E-state index in [0.717, 1.165) is 0 Å². The van der Waals surface area contributed by atoms with E-state index in [2.05, 4.69) is 20.8 Å². The van der Waals surface area contributed by atoms with Gasteiger partial charge in [-0.15, -0.1) is 0 Å². The molecule has 0 aromatic heterocycles. The number of aliphatic hydroxyl groups excluding tert-OH is 1. The average molecular weight is 222 g/mol. The average Bonchev–Trinajstić information content (AvgIpc) is 2.30. The van der Waals surface area contributed by atoms with Crippen molar-refractivity contribution in [1.82, 2.24) is 0 Å². The standard InChI is InChI=1S/C14H22O2/c1-12(2)14(3,10-15)11-16-9-13-7-5-4-6-8-13/h4-8,12,15H,9-11H2,1-3H3. The van der Waals surface area contributed by atoms with Gasteiger partial charge in [-0.25, -0.2) is 0 Å². The molecule has 0 heterocycles. The first-order valence-electron chi connectivity index (χ1n) is 5.81. The molecule has 1 aromatic carbocycles. The van der Waals surface area contributed by atoms with Crippen molar-refractivity contribution >= 4 is 0 Å². The maximum Gasteiger partial charge on any atom is 0.0717 e. The zero-order chi connectivity index (χ0) is 12.0. The molecule has 0 bridgehead atoms. The van der Waals surface area contributed by atoms with Crippen LogP contribution in [0.3, 0.4) is 0 Å². The Morgan fingerprint density at radius 3 is 2.38 bits per heavy atom. The van der Waals surface area contributed by atoms with Gasteiger partial charge in [0.15, 0.2) is 0 Å². The Hall–Kier alpha value is -0.860. The summed E-state index contributed by atoms with van der Waals surface area (Å²) in [4.78, 5) is 0. The molecule has 0 aliphatic carbocycles. The summed E-state index contributed by atoms with van der Waals surface area (Å²) in [5, 5.41) is 9.37. The van der Waals surface area contributed by atoms with E-state index in [0.29, 0.717) is 19.1 Å². The number of hydrogen-bond acceptors (Lipinski definition) is 2. The van der Waals surface area contributed by atoms with Gasteiger partial charge in [-0.1, -0.05) is 51.1 Å². The second-order valence-electron chi connectivity index (χ2n) is 4.95. The molecule has 1 unspecified atom stereocenters. The Morgan fingerprint density at radius 2 is 1.88 bits per heavy atom. The van der Waals surface area contributed by atoms with Crippen LogP contribution >= 0.6 is 0 Å². The highest BCUT2D eigenvalue weighted by Crippen LogP contribution is 2.26. The molecular weight excluding hydrogens is 200 g/mol. The summed E-state index contributed by atoms with van der Waals surface area (Å²) in [6, 6.07) is 10.1. The van der Waals surface area contributed by atoms with E-state index in [1.165, 1.54) is 5.56 Å². The molecule has 1 aromatic rings. The first-order chi connectivity index (χ1) is 7.58. The summed E-state index contributed by atoms with van der Waals surface area (Å²) in [5.74, 6) is 0.410. The second-order valence-corrected chi connectivity index (χ2v) is 4.95. The third-order valence-corrected chi connectivity index (χ3v) is 3.30. The molecule has 0 amide bonds. The molecule has 2 heteroatoms. The number of ether oxygens (including phenoxy) is 1. The topological polar surface area (TPSA) is 29.5 Å². The van der Waals surface area contributed by atoms with Gasteiger partial charge in [0.2, 0.25) is 0 Å². The van der Waals surface area contributed by atoms with Gasteiger partial charge in [0.1, 0.15) is 0 Å². The lowest BCUT2D eigenvalue weighted by atomic mass is 9.81. The minimum atomic E-state index is -0.144. The molecule has 2 nitrogen and oxygen atoms in total. The summed E-state index contributed by atoms with van der Waals surface area (Å²) in [6.45, 7) is 7.66. The van der Waals surface area contributed by atoms with Crippen molar-refractivity contribution in [2.45, 2.75) is 27.4 Å². The maximum atomic E-state index is 9.37. The fourth-order valence-corrected chi connectivity index (χ4v) is 1.37. The Labute approximate surface area is 98.3 Å². The van der Waals surface area contributed by atoms with Crippen LogP contribution in [0.25, 0.3) is 0 Å². The predicted octanol–water partition coefficient (Wildman–Crippen LogP) is 2.86. The van der Waals surface area contributed by atoms with Crippen molar-refractivity contribution in [2.75, 3.05) is 13.2 Å². The largest absolute Gasteiger partial charge is 0.396 e. The number of benzene rings is 1. The van der Waals surface area contributed by atoms with Crippen LogP contribution in [-0.4, -0.2) is 18.3 Å². The molecular formula is C14H22O2. The van der Waals surface area contributed by atoms with E-state index < -0.39 is 0 Å². The molecule has 1 N–H and O–H groups in total. The Balaban J connectivity index is 2.40. The predicted molar refractivity (Wildman–Crippen MR) is 66.1 cm³/mol. The van der Waals surface area contributed by atoms with Crippen molar-refractivity contribution in [3.05, 3.63) is 35.9 Å². The van der Waals surface area contributed by atoms with Gasteiger partial charge < -0.3 is 9.84 Å². The monoisotopic (exact) mass is 222 g/mol. The van der Waals surface area contributed by atoms with Gasteiger partial charge >= 0.3 is 0 Å². The lowest BCUT2D eigenvalue weighted by molar-refractivity contribution is -0.0169. The fourth-order valence-electron chi connectivity index (χ4n) is 1.37. The van der Waals surface area contributed by atoms with E-state index in [9.17, 15) is 5.11 Å². The van der Waals surface area contributed by atoms with Crippen molar-refractivity contribution < 1.29 is 9.84 Å². The Morgan fingerprint density at radius 1 is 1.25 bits per heavy atom.